The van der Waals surface area contributed by atoms with E-state index in [1.54, 1.807) is 13.0 Å². The van der Waals surface area contributed by atoms with Crippen LogP contribution in [0.1, 0.15) is 17.3 Å². The molecule has 0 bridgehead atoms. The first-order valence-corrected chi connectivity index (χ1v) is 9.54. The van der Waals surface area contributed by atoms with Gasteiger partial charge in [-0.1, -0.05) is 18.2 Å². The fraction of sp³-hybridized carbons (Fsp3) is 0.227. The van der Waals surface area contributed by atoms with Crippen LogP contribution in [0.4, 0.5) is 23.1 Å². The van der Waals surface area contributed by atoms with Crippen molar-refractivity contribution in [1.29, 1.82) is 0 Å². The Morgan fingerprint density at radius 2 is 1.83 bits per heavy atom. The molecule has 0 aliphatic carbocycles. The van der Waals surface area contributed by atoms with Crippen LogP contribution in [0.3, 0.4) is 0 Å². The molecule has 29 heavy (non-hydrogen) atoms. The maximum atomic E-state index is 11.7. The van der Waals surface area contributed by atoms with Crippen molar-refractivity contribution in [1.82, 2.24) is 9.97 Å². The normalized spacial score (nSPS) is 13.9. The summed E-state index contributed by atoms with van der Waals surface area (Å²) in [4.78, 5) is 22.6. The van der Waals surface area contributed by atoms with E-state index in [1.807, 2.05) is 36.4 Å². The number of benzene rings is 2. The third-order valence-electron chi connectivity index (χ3n) is 4.82. The fourth-order valence-corrected chi connectivity index (χ4v) is 3.30. The molecule has 1 aliphatic rings. The first-order valence-electron chi connectivity index (χ1n) is 9.54. The van der Waals surface area contributed by atoms with Crippen LogP contribution in [0.2, 0.25) is 0 Å². The second-order valence-corrected chi connectivity index (χ2v) is 6.90. The number of rotatable bonds is 5. The number of anilines is 4. The molecule has 1 aliphatic heterocycles. The molecule has 148 valence electrons. The molecule has 3 N–H and O–H groups in total. The number of carbonyl (C=O) groups excluding carboxylic acids is 1. The van der Waals surface area contributed by atoms with Gasteiger partial charge in [0.2, 0.25) is 5.95 Å². The third-order valence-corrected chi connectivity index (χ3v) is 4.82. The Kier molecular flexibility index (Phi) is 5.39. The van der Waals surface area contributed by atoms with Gasteiger partial charge in [-0.25, -0.2) is 4.98 Å². The Labute approximate surface area is 169 Å². The largest absolute Gasteiger partial charge is 0.378 e. The van der Waals surface area contributed by atoms with Gasteiger partial charge in [-0.15, -0.1) is 0 Å². The van der Waals surface area contributed by atoms with Crippen molar-refractivity contribution in [2.24, 2.45) is 0 Å². The number of ketones is 1. The highest BCUT2D eigenvalue weighted by molar-refractivity contribution is 5.95. The molecule has 0 unspecified atom stereocenters. The SMILES string of the molecule is CC(=O)c1cccc(-c2cc(Nc3ccc(N4CCOCC4)cc3)nc(N)n2)c1. The average molecular weight is 389 g/mol. The fourth-order valence-electron chi connectivity index (χ4n) is 3.30. The number of nitrogens with zero attached hydrogens (tertiary/aromatic N) is 3. The van der Waals surface area contributed by atoms with E-state index < -0.39 is 0 Å². The summed E-state index contributed by atoms with van der Waals surface area (Å²) >= 11 is 0. The first kappa shape index (κ1) is 18.9. The highest BCUT2D eigenvalue weighted by Crippen LogP contribution is 2.25. The maximum absolute atomic E-state index is 11.7. The molecule has 1 saturated heterocycles. The number of nitrogens with one attached hydrogen (secondary N) is 1. The molecule has 0 saturated carbocycles. The van der Waals surface area contributed by atoms with Crippen molar-refractivity contribution >= 4 is 28.9 Å². The van der Waals surface area contributed by atoms with Crippen LogP contribution in [0.25, 0.3) is 11.3 Å². The van der Waals surface area contributed by atoms with E-state index in [0.717, 1.165) is 37.6 Å². The molecule has 2 aromatic carbocycles. The number of nitrogens with two attached hydrogens (primary N) is 1. The van der Waals surface area contributed by atoms with E-state index in [1.165, 1.54) is 5.69 Å². The minimum absolute atomic E-state index is 0.00702. The van der Waals surface area contributed by atoms with Crippen LogP contribution in [0.5, 0.6) is 0 Å². The lowest BCUT2D eigenvalue weighted by atomic mass is 10.1. The number of ether oxygens (including phenoxy) is 1. The van der Waals surface area contributed by atoms with Crippen LogP contribution in [0.15, 0.2) is 54.6 Å². The summed E-state index contributed by atoms with van der Waals surface area (Å²) in [5, 5.41) is 3.28. The van der Waals surface area contributed by atoms with E-state index in [0.29, 0.717) is 17.1 Å². The standard InChI is InChI=1S/C22H23N5O2/c1-15(28)16-3-2-4-17(13-16)20-14-21(26-22(23)25-20)24-18-5-7-19(8-6-18)27-9-11-29-12-10-27/h2-8,13-14H,9-12H2,1H3,(H3,23,24,25,26). The molecular formula is C22H23N5O2. The number of hydrogen-bond donors (Lipinski definition) is 2. The van der Waals surface area contributed by atoms with Gasteiger partial charge in [-0.3, -0.25) is 4.79 Å². The monoisotopic (exact) mass is 389 g/mol. The minimum atomic E-state index is 0.00702. The smallest absolute Gasteiger partial charge is 0.222 e. The van der Waals surface area contributed by atoms with Crippen molar-refractivity contribution in [2.45, 2.75) is 6.92 Å². The van der Waals surface area contributed by atoms with Crippen LogP contribution in [0, 0.1) is 0 Å². The van der Waals surface area contributed by atoms with Crippen molar-refractivity contribution in [2.75, 3.05) is 42.3 Å². The molecule has 0 radical (unpaired) electrons. The van der Waals surface area contributed by atoms with E-state index >= 15 is 0 Å². The highest BCUT2D eigenvalue weighted by Gasteiger charge is 2.11. The topological polar surface area (TPSA) is 93.4 Å². The molecule has 0 amide bonds. The predicted octanol–water partition coefficient (Wildman–Crippen LogP) is 3.51. The van der Waals surface area contributed by atoms with Crippen molar-refractivity contribution in [3.8, 4) is 11.3 Å². The second kappa shape index (κ2) is 8.28. The quantitative estimate of drug-likeness (QED) is 0.645. The van der Waals surface area contributed by atoms with Gasteiger partial charge in [-0.2, -0.15) is 4.98 Å². The minimum Gasteiger partial charge on any atom is -0.378 e. The molecule has 7 nitrogen and oxygen atoms in total. The molecule has 3 aromatic rings. The van der Waals surface area contributed by atoms with Crippen molar-refractivity contribution in [3.05, 3.63) is 60.2 Å². The van der Waals surface area contributed by atoms with E-state index in [2.05, 4.69) is 32.3 Å². The van der Waals surface area contributed by atoms with Gasteiger partial charge < -0.3 is 20.7 Å². The molecule has 2 heterocycles. The maximum Gasteiger partial charge on any atom is 0.222 e. The van der Waals surface area contributed by atoms with E-state index in [4.69, 9.17) is 10.5 Å². The Hall–Kier alpha value is -3.45. The second-order valence-electron chi connectivity index (χ2n) is 6.90. The Morgan fingerprint density at radius 1 is 1.07 bits per heavy atom. The van der Waals surface area contributed by atoms with Gasteiger partial charge in [0, 0.05) is 41.7 Å². The first-order chi connectivity index (χ1) is 14.1. The zero-order chi connectivity index (χ0) is 20.2. The highest BCUT2D eigenvalue weighted by atomic mass is 16.5. The number of nitrogen functional groups attached to an aromatic ring is 1. The summed E-state index contributed by atoms with van der Waals surface area (Å²) in [7, 11) is 0. The molecule has 0 atom stereocenters. The average Bonchev–Trinajstić information content (AvgIpc) is 2.74. The molecule has 4 rings (SSSR count). The van der Waals surface area contributed by atoms with E-state index in [-0.39, 0.29) is 11.7 Å². The summed E-state index contributed by atoms with van der Waals surface area (Å²) in [5.41, 5.74) is 10.1. The predicted molar refractivity (Wildman–Crippen MR) is 115 cm³/mol. The Bertz CT molecular complexity index is 1010. The zero-order valence-electron chi connectivity index (χ0n) is 16.3. The Morgan fingerprint density at radius 3 is 2.55 bits per heavy atom. The number of aromatic nitrogens is 2. The number of hydrogen-bond acceptors (Lipinski definition) is 7. The summed E-state index contributed by atoms with van der Waals surface area (Å²) in [6.07, 6.45) is 0. The van der Waals surface area contributed by atoms with Crippen LogP contribution in [-0.2, 0) is 4.74 Å². The van der Waals surface area contributed by atoms with Crippen molar-refractivity contribution < 1.29 is 9.53 Å². The summed E-state index contributed by atoms with van der Waals surface area (Å²) in [5.74, 6) is 0.774. The van der Waals surface area contributed by atoms with Gasteiger partial charge in [0.15, 0.2) is 5.78 Å². The lowest BCUT2D eigenvalue weighted by Gasteiger charge is -2.28. The summed E-state index contributed by atoms with van der Waals surface area (Å²) in [6.45, 7) is 4.86. The number of morpholine rings is 1. The van der Waals surface area contributed by atoms with Gasteiger partial charge in [0.05, 0.1) is 18.9 Å². The molecule has 7 heteroatoms. The third kappa shape index (κ3) is 4.52. The lowest BCUT2D eigenvalue weighted by molar-refractivity contribution is 0.101. The summed E-state index contributed by atoms with van der Waals surface area (Å²) < 4.78 is 5.40. The Balaban J connectivity index is 1.55. The van der Waals surface area contributed by atoms with Gasteiger partial charge in [0.25, 0.3) is 0 Å². The lowest BCUT2D eigenvalue weighted by Crippen LogP contribution is -2.36. The van der Waals surface area contributed by atoms with Crippen molar-refractivity contribution in [3.63, 3.8) is 0 Å². The zero-order valence-corrected chi connectivity index (χ0v) is 16.3. The molecule has 1 fully saturated rings. The van der Waals surface area contributed by atoms with Crippen LogP contribution < -0.4 is 16.0 Å². The van der Waals surface area contributed by atoms with Gasteiger partial charge >= 0.3 is 0 Å². The molecule has 0 spiro atoms. The number of Topliss-reactive ketones (excluding diaryl/α,β-unsaturated/α-hetero) is 1. The van der Waals surface area contributed by atoms with Gasteiger partial charge in [-0.05, 0) is 37.3 Å². The number of carbonyl (C=O) groups is 1. The summed E-state index contributed by atoms with van der Waals surface area (Å²) in [6, 6.07) is 17.3. The van der Waals surface area contributed by atoms with Crippen LogP contribution >= 0.6 is 0 Å². The van der Waals surface area contributed by atoms with Crippen LogP contribution in [-0.4, -0.2) is 42.1 Å². The molecular weight excluding hydrogens is 366 g/mol. The van der Waals surface area contributed by atoms with Gasteiger partial charge in [0.1, 0.15) is 5.82 Å². The van der Waals surface area contributed by atoms with E-state index in [9.17, 15) is 4.79 Å². The molecule has 1 aromatic heterocycles.